The zero-order chi connectivity index (χ0) is 8.15. The van der Waals surface area contributed by atoms with Crippen molar-refractivity contribution in [2.75, 3.05) is 21.3 Å². The molecule has 0 aromatic heterocycles. The van der Waals surface area contributed by atoms with Crippen LogP contribution in [0.15, 0.2) is 0 Å². The minimum atomic E-state index is -1.52. The Morgan fingerprint density at radius 3 is 1.90 bits per heavy atom. The fourth-order valence-electron chi connectivity index (χ4n) is 0.486. The first-order chi connectivity index (χ1) is 4.63. The first kappa shape index (κ1) is 9.61. The summed E-state index contributed by atoms with van der Waals surface area (Å²) in [5.74, 6) is -0.0439. The molecule has 0 saturated heterocycles. The fraction of sp³-hybridized carbons (Fsp3) is 0.800. The van der Waals surface area contributed by atoms with E-state index < -0.39 is 9.45 Å². The molecule has 0 aromatic carbocycles. The van der Waals surface area contributed by atoms with Crippen LogP contribution in [0.1, 0.15) is 6.92 Å². The molecule has 0 heterocycles. The van der Waals surface area contributed by atoms with E-state index in [4.69, 9.17) is 8.85 Å². The van der Waals surface area contributed by atoms with Gasteiger partial charge in [0, 0.05) is 28.2 Å². The molecule has 4 nitrogen and oxygen atoms in total. The fourth-order valence-corrected chi connectivity index (χ4v) is 1.46. The second-order valence-electron chi connectivity index (χ2n) is 1.75. The normalized spacial score (nSPS) is 10.1. The zero-order valence-corrected chi connectivity index (χ0v) is 7.67. The number of hydrogen-bond donors (Lipinski definition) is 0. The summed E-state index contributed by atoms with van der Waals surface area (Å²) in [6.07, 6.45) is 0. The van der Waals surface area contributed by atoms with Crippen molar-refractivity contribution in [1.29, 1.82) is 0 Å². The number of nitrogens with zero attached hydrogens (tertiary/aromatic N) is 1. The summed E-state index contributed by atoms with van der Waals surface area (Å²) >= 11 is 0. The lowest BCUT2D eigenvalue weighted by Crippen LogP contribution is -2.42. The van der Waals surface area contributed by atoms with Gasteiger partial charge in [-0.05, 0) is 0 Å². The maximum absolute atomic E-state index is 10.7. The van der Waals surface area contributed by atoms with Crippen molar-refractivity contribution in [3.8, 4) is 0 Å². The van der Waals surface area contributed by atoms with Gasteiger partial charge in [-0.25, -0.2) is 0 Å². The average Bonchev–Trinajstić information content (AvgIpc) is 1.90. The monoisotopic (exact) mass is 162 g/mol. The van der Waals surface area contributed by atoms with Gasteiger partial charge in [-0.3, -0.25) is 4.79 Å². The van der Waals surface area contributed by atoms with Crippen LogP contribution in [-0.2, 0) is 13.6 Å². The van der Waals surface area contributed by atoms with E-state index in [2.05, 4.69) is 0 Å². The molecule has 0 aliphatic rings. The standard InChI is InChI=1S/C5H12NO3Si/c1-5(7)6(2)10(8-3)9-4/h1-4H3. The first-order valence-electron chi connectivity index (χ1n) is 2.82. The van der Waals surface area contributed by atoms with Gasteiger partial charge in [0.2, 0.25) is 5.91 Å². The van der Waals surface area contributed by atoms with Crippen molar-refractivity contribution in [2.45, 2.75) is 6.92 Å². The third kappa shape index (κ3) is 2.46. The predicted octanol–water partition coefficient (Wildman–Crippen LogP) is -0.258. The molecule has 0 aliphatic carbocycles. The Morgan fingerprint density at radius 2 is 1.80 bits per heavy atom. The van der Waals surface area contributed by atoms with E-state index in [9.17, 15) is 4.79 Å². The highest BCUT2D eigenvalue weighted by Gasteiger charge is 2.22. The van der Waals surface area contributed by atoms with Gasteiger partial charge in [-0.2, -0.15) is 0 Å². The third-order valence-electron chi connectivity index (χ3n) is 1.10. The summed E-state index contributed by atoms with van der Waals surface area (Å²) < 4.78 is 11.3. The van der Waals surface area contributed by atoms with Gasteiger partial charge in [0.15, 0.2) is 0 Å². The number of amides is 1. The van der Waals surface area contributed by atoms with Crippen molar-refractivity contribution >= 4 is 15.4 Å². The van der Waals surface area contributed by atoms with Crippen LogP contribution in [-0.4, -0.2) is 41.2 Å². The molecule has 0 bridgehead atoms. The van der Waals surface area contributed by atoms with E-state index in [1.807, 2.05) is 0 Å². The van der Waals surface area contributed by atoms with Crippen LogP contribution in [0, 0.1) is 0 Å². The smallest absolute Gasteiger partial charge is 0.380 e. The number of carbonyl (C=O) groups is 1. The lowest BCUT2D eigenvalue weighted by molar-refractivity contribution is -0.125. The maximum Gasteiger partial charge on any atom is 0.530 e. The van der Waals surface area contributed by atoms with Crippen molar-refractivity contribution in [3.05, 3.63) is 0 Å². The molecule has 0 N–H and O–H groups in total. The van der Waals surface area contributed by atoms with E-state index in [-0.39, 0.29) is 5.91 Å². The zero-order valence-electron chi connectivity index (χ0n) is 6.67. The van der Waals surface area contributed by atoms with Crippen LogP contribution < -0.4 is 0 Å². The molecule has 0 aromatic rings. The Labute approximate surface area is 62.7 Å². The Balaban J connectivity index is 3.88. The van der Waals surface area contributed by atoms with Crippen LogP contribution in [0.5, 0.6) is 0 Å². The number of carbonyl (C=O) groups excluding carboxylic acids is 1. The van der Waals surface area contributed by atoms with E-state index >= 15 is 0 Å². The Kier molecular flexibility index (Phi) is 4.25. The van der Waals surface area contributed by atoms with Crippen LogP contribution in [0.2, 0.25) is 0 Å². The number of hydrogen-bond acceptors (Lipinski definition) is 3. The van der Waals surface area contributed by atoms with Gasteiger partial charge < -0.3 is 13.4 Å². The van der Waals surface area contributed by atoms with Crippen molar-refractivity contribution in [1.82, 2.24) is 4.57 Å². The topological polar surface area (TPSA) is 38.8 Å². The van der Waals surface area contributed by atoms with Crippen molar-refractivity contribution < 1.29 is 13.6 Å². The molecule has 0 rings (SSSR count). The minimum Gasteiger partial charge on any atom is -0.380 e. The molecule has 0 fully saturated rings. The molecule has 0 saturated carbocycles. The Bertz CT molecular complexity index is 115. The van der Waals surface area contributed by atoms with Crippen LogP contribution >= 0.6 is 0 Å². The summed E-state index contributed by atoms with van der Waals surface area (Å²) in [5, 5.41) is 0. The maximum atomic E-state index is 10.7. The van der Waals surface area contributed by atoms with Crippen molar-refractivity contribution in [3.63, 3.8) is 0 Å². The second kappa shape index (κ2) is 4.43. The van der Waals surface area contributed by atoms with E-state index in [1.54, 1.807) is 7.05 Å². The van der Waals surface area contributed by atoms with Gasteiger partial charge in [0.1, 0.15) is 0 Å². The predicted molar refractivity (Wildman–Crippen MR) is 38.2 cm³/mol. The molecular formula is C5H12NO3Si. The number of rotatable bonds is 3. The lowest BCUT2D eigenvalue weighted by atomic mass is 10.7. The summed E-state index contributed by atoms with van der Waals surface area (Å²) in [6, 6.07) is 0. The highest BCUT2D eigenvalue weighted by atomic mass is 28.3. The van der Waals surface area contributed by atoms with Crippen LogP contribution in [0.25, 0.3) is 0 Å². The molecule has 5 heteroatoms. The van der Waals surface area contributed by atoms with E-state index in [0.717, 1.165) is 0 Å². The summed E-state index contributed by atoms with van der Waals surface area (Å²) in [5.41, 5.74) is 0. The molecule has 10 heavy (non-hydrogen) atoms. The van der Waals surface area contributed by atoms with Gasteiger partial charge in [0.25, 0.3) is 0 Å². The SMILES string of the molecule is CO[Si](OC)N(C)C(C)=O. The molecule has 0 aliphatic heterocycles. The molecule has 0 atom stereocenters. The summed E-state index contributed by atoms with van der Waals surface area (Å²) in [4.78, 5) is 10.7. The summed E-state index contributed by atoms with van der Waals surface area (Å²) in [6.45, 7) is 1.47. The lowest BCUT2D eigenvalue weighted by Gasteiger charge is -2.18. The minimum absolute atomic E-state index is 0.0439. The average molecular weight is 162 g/mol. The highest BCUT2D eigenvalue weighted by molar-refractivity contribution is 6.44. The molecular weight excluding hydrogens is 150 g/mol. The van der Waals surface area contributed by atoms with Gasteiger partial charge in [-0.15, -0.1) is 0 Å². The molecule has 1 amide bonds. The molecule has 1 radical (unpaired) electrons. The highest BCUT2D eigenvalue weighted by Crippen LogP contribution is 1.92. The molecule has 0 unspecified atom stereocenters. The largest absolute Gasteiger partial charge is 0.530 e. The first-order valence-corrected chi connectivity index (χ1v) is 4.09. The van der Waals surface area contributed by atoms with Gasteiger partial charge in [-0.1, -0.05) is 0 Å². The Morgan fingerprint density at radius 1 is 1.40 bits per heavy atom. The Hall–Kier alpha value is -0.393. The quantitative estimate of drug-likeness (QED) is 0.537. The van der Waals surface area contributed by atoms with Crippen LogP contribution in [0.4, 0.5) is 0 Å². The molecule has 0 spiro atoms. The van der Waals surface area contributed by atoms with Crippen molar-refractivity contribution in [2.24, 2.45) is 0 Å². The van der Waals surface area contributed by atoms with Gasteiger partial charge >= 0.3 is 9.45 Å². The van der Waals surface area contributed by atoms with Gasteiger partial charge in [0.05, 0.1) is 0 Å². The van der Waals surface area contributed by atoms with Crippen LogP contribution in [0.3, 0.4) is 0 Å². The molecule has 59 valence electrons. The second-order valence-corrected chi connectivity index (χ2v) is 3.77. The van der Waals surface area contributed by atoms with E-state index in [1.165, 1.54) is 25.7 Å². The van der Waals surface area contributed by atoms with E-state index in [0.29, 0.717) is 0 Å². The third-order valence-corrected chi connectivity index (χ3v) is 2.66. The summed E-state index contributed by atoms with van der Waals surface area (Å²) in [7, 11) is 3.19.